The maximum atomic E-state index is 12.4. The number of fused-ring (bicyclic) bond motifs is 2. The maximum absolute atomic E-state index is 12.4. The summed E-state index contributed by atoms with van der Waals surface area (Å²) in [7, 11) is 0. The molecule has 0 radical (unpaired) electrons. The molecule has 0 saturated heterocycles. The lowest BCUT2D eigenvalue weighted by molar-refractivity contribution is 0.561. The van der Waals surface area contributed by atoms with Gasteiger partial charge in [-0.1, -0.05) is 0 Å². The molecule has 3 aromatic heterocycles. The molecule has 0 aliphatic rings. The van der Waals surface area contributed by atoms with Crippen molar-refractivity contribution in [2.75, 3.05) is 5.32 Å². The van der Waals surface area contributed by atoms with Gasteiger partial charge in [-0.3, -0.25) is 4.79 Å². The Bertz CT molecular complexity index is 1160. The van der Waals surface area contributed by atoms with Crippen LogP contribution in [0.1, 0.15) is 35.1 Å². The van der Waals surface area contributed by atoms with Crippen molar-refractivity contribution in [1.82, 2.24) is 15.0 Å². The molecule has 4 aromatic rings. The third kappa shape index (κ3) is 2.70. The summed E-state index contributed by atoms with van der Waals surface area (Å²) in [4.78, 5) is 26.2. The average molecular weight is 354 g/mol. The van der Waals surface area contributed by atoms with Gasteiger partial charge in [0.1, 0.15) is 16.2 Å². The molecule has 1 aromatic carbocycles. The first kappa shape index (κ1) is 15.8. The minimum absolute atomic E-state index is 0.0851. The van der Waals surface area contributed by atoms with E-state index in [1.165, 1.54) is 0 Å². The molecular formula is C18H18N4O2S. The number of aryl methyl sites for hydroxylation is 3. The van der Waals surface area contributed by atoms with Gasteiger partial charge in [-0.15, -0.1) is 11.3 Å². The van der Waals surface area contributed by atoms with E-state index in [1.54, 1.807) is 11.3 Å². The smallest absolute Gasteiger partial charge is 0.259 e. The average Bonchev–Trinajstić information content (AvgIpc) is 3.06. The van der Waals surface area contributed by atoms with Gasteiger partial charge in [0.15, 0.2) is 11.5 Å². The highest BCUT2D eigenvalue weighted by Gasteiger charge is 2.15. The van der Waals surface area contributed by atoms with Crippen LogP contribution in [-0.4, -0.2) is 15.0 Å². The fourth-order valence-corrected chi connectivity index (χ4v) is 3.96. The van der Waals surface area contributed by atoms with Crippen LogP contribution in [0, 0.1) is 20.8 Å². The Labute approximate surface area is 147 Å². The zero-order valence-electron chi connectivity index (χ0n) is 14.4. The Hall–Kier alpha value is -2.67. The summed E-state index contributed by atoms with van der Waals surface area (Å²) in [6.45, 7) is 7.76. The standard InChI is InChI=1S/C18H18N4O2S/c1-8-10(3)25-18-15(8)17(23)21-16(22-18)9(2)19-12-5-6-14-13(7-12)20-11(4)24-14/h5-7,9,19H,1-4H3,(H,21,22,23)/t9-/m1/s1. The number of aromatic nitrogens is 3. The molecule has 0 saturated carbocycles. The van der Waals surface area contributed by atoms with E-state index in [-0.39, 0.29) is 11.6 Å². The van der Waals surface area contributed by atoms with E-state index in [9.17, 15) is 4.79 Å². The molecule has 6 nitrogen and oxygen atoms in total. The summed E-state index contributed by atoms with van der Waals surface area (Å²) in [6.07, 6.45) is 0. The quantitative estimate of drug-likeness (QED) is 0.575. The van der Waals surface area contributed by atoms with E-state index in [1.807, 2.05) is 45.9 Å². The molecule has 0 fully saturated rings. The summed E-state index contributed by atoms with van der Waals surface area (Å²) in [5, 5.41) is 4.06. The van der Waals surface area contributed by atoms with Crippen LogP contribution in [0.3, 0.4) is 0 Å². The van der Waals surface area contributed by atoms with Gasteiger partial charge in [0.05, 0.1) is 11.4 Å². The number of oxazole rings is 1. The molecule has 0 aliphatic carbocycles. The minimum Gasteiger partial charge on any atom is -0.441 e. The molecule has 0 spiro atoms. The Morgan fingerprint density at radius 2 is 2.04 bits per heavy atom. The first-order valence-corrected chi connectivity index (χ1v) is 8.87. The lowest BCUT2D eigenvalue weighted by Gasteiger charge is -2.14. The molecule has 0 amide bonds. The van der Waals surface area contributed by atoms with Gasteiger partial charge >= 0.3 is 0 Å². The van der Waals surface area contributed by atoms with Gasteiger partial charge in [-0.2, -0.15) is 0 Å². The minimum atomic E-state index is -0.148. The SMILES string of the molecule is Cc1nc2cc(N[C@H](C)c3nc4sc(C)c(C)c4c(=O)[nH]3)ccc2o1. The van der Waals surface area contributed by atoms with Crippen molar-refractivity contribution in [3.63, 3.8) is 0 Å². The Morgan fingerprint density at radius 3 is 2.84 bits per heavy atom. The summed E-state index contributed by atoms with van der Waals surface area (Å²) in [5.41, 5.74) is 3.38. The molecule has 0 aliphatic heterocycles. The predicted molar refractivity (Wildman–Crippen MR) is 100 cm³/mol. The summed E-state index contributed by atoms with van der Waals surface area (Å²) < 4.78 is 5.49. The zero-order chi connectivity index (χ0) is 17.7. The third-order valence-electron chi connectivity index (χ3n) is 4.35. The largest absolute Gasteiger partial charge is 0.441 e. The van der Waals surface area contributed by atoms with Crippen LogP contribution < -0.4 is 10.9 Å². The topological polar surface area (TPSA) is 83.8 Å². The molecular weight excluding hydrogens is 336 g/mol. The molecule has 7 heteroatoms. The fraction of sp³-hybridized carbons (Fsp3) is 0.278. The maximum Gasteiger partial charge on any atom is 0.259 e. The Morgan fingerprint density at radius 1 is 1.24 bits per heavy atom. The number of benzene rings is 1. The van der Waals surface area contributed by atoms with Crippen LogP contribution >= 0.6 is 11.3 Å². The van der Waals surface area contributed by atoms with Crippen LogP contribution in [0.25, 0.3) is 21.3 Å². The van der Waals surface area contributed by atoms with Gasteiger partial charge in [-0.05, 0) is 44.5 Å². The third-order valence-corrected chi connectivity index (χ3v) is 5.45. The van der Waals surface area contributed by atoms with Crippen LogP contribution in [-0.2, 0) is 0 Å². The van der Waals surface area contributed by atoms with Gasteiger partial charge in [0, 0.05) is 17.5 Å². The number of rotatable bonds is 3. The van der Waals surface area contributed by atoms with E-state index in [0.29, 0.717) is 17.1 Å². The lowest BCUT2D eigenvalue weighted by atomic mass is 10.2. The molecule has 0 unspecified atom stereocenters. The van der Waals surface area contributed by atoms with E-state index in [2.05, 4.69) is 20.3 Å². The van der Waals surface area contributed by atoms with E-state index >= 15 is 0 Å². The van der Waals surface area contributed by atoms with E-state index in [4.69, 9.17) is 4.42 Å². The van der Waals surface area contributed by atoms with Gasteiger partial charge < -0.3 is 14.7 Å². The molecule has 1 atom stereocenters. The number of nitrogens with one attached hydrogen (secondary N) is 2. The van der Waals surface area contributed by atoms with Crippen molar-refractivity contribution in [3.8, 4) is 0 Å². The highest BCUT2D eigenvalue weighted by molar-refractivity contribution is 7.18. The second-order valence-electron chi connectivity index (χ2n) is 6.20. The number of thiophene rings is 1. The van der Waals surface area contributed by atoms with Crippen molar-refractivity contribution >= 4 is 38.3 Å². The van der Waals surface area contributed by atoms with Gasteiger partial charge in [0.25, 0.3) is 5.56 Å². The molecule has 0 bridgehead atoms. The number of aromatic amines is 1. The van der Waals surface area contributed by atoms with Crippen LogP contribution in [0.4, 0.5) is 5.69 Å². The van der Waals surface area contributed by atoms with Crippen LogP contribution in [0.2, 0.25) is 0 Å². The lowest BCUT2D eigenvalue weighted by Crippen LogP contribution is -2.17. The number of nitrogens with zero attached hydrogens (tertiary/aromatic N) is 2. The number of hydrogen-bond acceptors (Lipinski definition) is 6. The Kier molecular flexibility index (Phi) is 3.61. The molecule has 3 heterocycles. The predicted octanol–water partition coefficient (Wildman–Crippen LogP) is 4.22. The highest BCUT2D eigenvalue weighted by atomic mass is 32.1. The van der Waals surface area contributed by atoms with Crippen molar-refractivity contribution < 1.29 is 4.42 Å². The molecule has 4 rings (SSSR count). The van der Waals surface area contributed by atoms with E-state index < -0.39 is 0 Å². The van der Waals surface area contributed by atoms with Crippen molar-refractivity contribution in [1.29, 1.82) is 0 Å². The first-order valence-electron chi connectivity index (χ1n) is 8.06. The van der Waals surface area contributed by atoms with E-state index in [0.717, 1.165) is 32.1 Å². The highest BCUT2D eigenvalue weighted by Crippen LogP contribution is 2.27. The number of H-pyrrole nitrogens is 1. The number of anilines is 1. The summed E-state index contributed by atoms with van der Waals surface area (Å²) >= 11 is 1.55. The van der Waals surface area contributed by atoms with Crippen molar-refractivity contribution in [3.05, 3.63) is 50.7 Å². The zero-order valence-corrected chi connectivity index (χ0v) is 15.2. The summed E-state index contributed by atoms with van der Waals surface area (Å²) in [5.74, 6) is 1.26. The Balaban J connectivity index is 1.68. The van der Waals surface area contributed by atoms with Crippen LogP contribution in [0.5, 0.6) is 0 Å². The molecule has 2 N–H and O–H groups in total. The van der Waals surface area contributed by atoms with Crippen LogP contribution in [0.15, 0.2) is 27.4 Å². The van der Waals surface area contributed by atoms with Crippen molar-refractivity contribution in [2.24, 2.45) is 0 Å². The second kappa shape index (κ2) is 5.70. The second-order valence-corrected chi connectivity index (χ2v) is 7.40. The first-order chi connectivity index (χ1) is 11.9. The fourth-order valence-electron chi connectivity index (χ4n) is 2.93. The van der Waals surface area contributed by atoms with Gasteiger partial charge in [0.2, 0.25) is 0 Å². The van der Waals surface area contributed by atoms with Crippen molar-refractivity contribution in [2.45, 2.75) is 33.7 Å². The molecule has 128 valence electrons. The molecule has 25 heavy (non-hydrogen) atoms. The normalized spacial score (nSPS) is 12.8. The summed E-state index contributed by atoms with van der Waals surface area (Å²) in [6, 6.07) is 5.60. The van der Waals surface area contributed by atoms with Gasteiger partial charge in [-0.25, -0.2) is 9.97 Å². The monoisotopic (exact) mass is 354 g/mol. The number of hydrogen-bond donors (Lipinski definition) is 2.